The third kappa shape index (κ3) is 4.71. The first-order chi connectivity index (χ1) is 14.8. The summed E-state index contributed by atoms with van der Waals surface area (Å²) in [4.78, 5) is 21.2. The van der Waals surface area contributed by atoms with Gasteiger partial charge in [0.15, 0.2) is 5.78 Å². The lowest BCUT2D eigenvalue weighted by molar-refractivity contribution is -0.137. The third-order valence-electron chi connectivity index (χ3n) is 4.89. The van der Waals surface area contributed by atoms with E-state index in [1.807, 2.05) is 31.2 Å². The van der Waals surface area contributed by atoms with Crippen LogP contribution in [0, 0.1) is 6.92 Å². The van der Waals surface area contributed by atoms with Crippen LogP contribution in [0.3, 0.4) is 0 Å². The van der Waals surface area contributed by atoms with E-state index in [9.17, 15) is 18.0 Å². The lowest BCUT2D eigenvalue weighted by Crippen LogP contribution is -2.08. The van der Waals surface area contributed by atoms with E-state index in [4.69, 9.17) is 0 Å². The van der Waals surface area contributed by atoms with Gasteiger partial charge in [0.05, 0.1) is 11.1 Å². The number of alkyl halides is 3. The molecule has 0 aliphatic heterocycles. The molecule has 4 rings (SSSR count). The van der Waals surface area contributed by atoms with Gasteiger partial charge >= 0.3 is 6.18 Å². The van der Waals surface area contributed by atoms with Crippen LogP contribution >= 0.6 is 0 Å². The van der Waals surface area contributed by atoms with Gasteiger partial charge in [-0.25, -0.2) is 9.97 Å². The second kappa shape index (κ2) is 8.18. The van der Waals surface area contributed by atoms with Crippen molar-refractivity contribution in [3.63, 3.8) is 0 Å². The highest BCUT2D eigenvalue weighted by molar-refractivity contribution is 6.02. The first-order valence-corrected chi connectivity index (χ1v) is 9.57. The topological polar surface area (TPSA) is 54.9 Å². The number of aromatic nitrogens is 2. The molecule has 0 saturated heterocycles. The number of carbonyl (C=O) groups is 1. The second-order valence-electron chi connectivity index (χ2n) is 7.24. The van der Waals surface area contributed by atoms with Crippen molar-refractivity contribution in [1.82, 2.24) is 9.97 Å². The molecular weight excluding hydrogens is 403 g/mol. The van der Waals surface area contributed by atoms with Crippen molar-refractivity contribution >= 4 is 28.2 Å². The molecular formula is C24H18F3N3O. The standard InChI is InChI=1S/C24H18F3N3O/c1-15-5-8-19(9-6-15)30-23-20-10-7-17(13-21(20)28-14-29-23)22(31)12-16-3-2-4-18(11-16)24(25,26)27/h2-11,13-14H,12H2,1H3,(H,28,29,30). The number of nitrogens with one attached hydrogen (secondary N) is 1. The predicted molar refractivity (Wildman–Crippen MR) is 113 cm³/mol. The Labute approximate surface area is 176 Å². The van der Waals surface area contributed by atoms with Gasteiger partial charge in [-0.2, -0.15) is 13.2 Å². The number of anilines is 2. The molecule has 1 N–H and O–H groups in total. The van der Waals surface area contributed by atoms with Crippen LogP contribution < -0.4 is 5.32 Å². The quantitative estimate of drug-likeness (QED) is 0.394. The van der Waals surface area contributed by atoms with E-state index in [-0.39, 0.29) is 12.2 Å². The van der Waals surface area contributed by atoms with Crippen LogP contribution in [0.1, 0.15) is 27.0 Å². The Balaban J connectivity index is 1.58. The molecule has 4 aromatic rings. The Kier molecular flexibility index (Phi) is 5.42. The maximum Gasteiger partial charge on any atom is 0.416 e. The number of hydrogen-bond acceptors (Lipinski definition) is 4. The molecule has 0 fully saturated rings. The Morgan fingerprint density at radius 2 is 1.74 bits per heavy atom. The van der Waals surface area contributed by atoms with Crippen LogP contribution in [0.25, 0.3) is 10.9 Å². The monoisotopic (exact) mass is 421 g/mol. The van der Waals surface area contributed by atoms with E-state index in [0.717, 1.165) is 28.8 Å². The number of Topliss-reactive ketones (excluding diaryl/α,β-unsaturated/α-hetero) is 1. The SMILES string of the molecule is Cc1ccc(Nc2ncnc3cc(C(=O)Cc4cccc(C(F)(F)F)c4)ccc23)cc1. The highest BCUT2D eigenvalue weighted by atomic mass is 19.4. The molecule has 0 atom stereocenters. The van der Waals surface area contributed by atoms with Gasteiger partial charge in [-0.15, -0.1) is 0 Å². The highest BCUT2D eigenvalue weighted by Gasteiger charge is 2.30. The number of rotatable bonds is 5. The zero-order valence-electron chi connectivity index (χ0n) is 16.6. The summed E-state index contributed by atoms with van der Waals surface area (Å²) in [6, 6.07) is 17.7. The predicted octanol–water partition coefficient (Wildman–Crippen LogP) is 6.13. The molecule has 3 aromatic carbocycles. The van der Waals surface area contributed by atoms with Crippen molar-refractivity contribution in [2.45, 2.75) is 19.5 Å². The lowest BCUT2D eigenvalue weighted by Gasteiger charge is -2.10. The summed E-state index contributed by atoms with van der Waals surface area (Å²) in [5, 5.41) is 3.98. The molecule has 7 heteroatoms. The first kappa shape index (κ1) is 20.5. The Morgan fingerprint density at radius 1 is 0.968 bits per heavy atom. The lowest BCUT2D eigenvalue weighted by atomic mass is 10.0. The van der Waals surface area contributed by atoms with E-state index < -0.39 is 11.7 Å². The number of hydrogen-bond donors (Lipinski definition) is 1. The van der Waals surface area contributed by atoms with Gasteiger partial charge in [0.1, 0.15) is 12.1 Å². The number of nitrogens with zero attached hydrogens (tertiary/aromatic N) is 2. The maximum atomic E-state index is 12.9. The molecule has 0 radical (unpaired) electrons. The molecule has 0 spiro atoms. The fraction of sp³-hybridized carbons (Fsp3) is 0.125. The number of fused-ring (bicyclic) bond motifs is 1. The molecule has 0 aliphatic carbocycles. The Hall–Kier alpha value is -3.74. The van der Waals surface area contributed by atoms with Gasteiger partial charge in [0.2, 0.25) is 0 Å². The van der Waals surface area contributed by atoms with Gasteiger partial charge in [-0.05, 0) is 42.8 Å². The second-order valence-corrected chi connectivity index (χ2v) is 7.24. The van der Waals surface area contributed by atoms with E-state index in [0.29, 0.717) is 22.5 Å². The van der Waals surface area contributed by atoms with Crippen LogP contribution in [0.15, 0.2) is 73.1 Å². The van der Waals surface area contributed by atoms with Gasteiger partial charge in [0, 0.05) is 23.1 Å². The van der Waals surface area contributed by atoms with Crippen LogP contribution in [-0.4, -0.2) is 15.8 Å². The highest BCUT2D eigenvalue weighted by Crippen LogP contribution is 2.30. The minimum atomic E-state index is -4.44. The zero-order valence-corrected chi connectivity index (χ0v) is 16.6. The molecule has 0 bridgehead atoms. The van der Waals surface area contributed by atoms with Crippen molar-refractivity contribution in [3.05, 3.63) is 95.3 Å². The molecule has 0 saturated carbocycles. The van der Waals surface area contributed by atoms with Crippen molar-refractivity contribution in [2.24, 2.45) is 0 Å². The van der Waals surface area contributed by atoms with Gasteiger partial charge in [0.25, 0.3) is 0 Å². The summed E-state index contributed by atoms with van der Waals surface area (Å²) >= 11 is 0. The normalized spacial score (nSPS) is 11.5. The minimum Gasteiger partial charge on any atom is -0.340 e. The Morgan fingerprint density at radius 3 is 2.48 bits per heavy atom. The fourth-order valence-electron chi connectivity index (χ4n) is 3.25. The van der Waals surface area contributed by atoms with Gasteiger partial charge in [-0.1, -0.05) is 42.0 Å². The number of halogens is 3. The summed E-state index contributed by atoms with van der Waals surface area (Å²) < 4.78 is 38.7. The largest absolute Gasteiger partial charge is 0.416 e. The summed E-state index contributed by atoms with van der Waals surface area (Å²) in [5.74, 6) is 0.318. The van der Waals surface area contributed by atoms with Crippen molar-refractivity contribution in [2.75, 3.05) is 5.32 Å². The van der Waals surface area contributed by atoms with E-state index in [2.05, 4.69) is 15.3 Å². The zero-order chi connectivity index (χ0) is 22.0. The summed E-state index contributed by atoms with van der Waals surface area (Å²) in [5.41, 5.74) is 2.50. The molecule has 156 valence electrons. The average molecular weight is 421 g/mol. The molecule has 0 unspecified atom stereocenters. The molecule has 4 nitrogen and oxygen atoms in total. The van der Waals surface area contributed by atoms with Gasteiger partial charge < -0.3 is 5.32 Å². The molecule has 1 heterocycles. The maximum absolute atomic E-state index is 12.9. The van der Waals surface area contributed by atoms with Gasteiger partial charge in [-0.3, -0.25) is 4.79 Å². The van der Waals surface area contributed by atoms with Crippen molar-refractivity contribution < 1.29 is 18.0 Å². The minimum absolute atomic E-state index is 0.130. The van der Waals surface area contributed by atoms with Crippen LogP contribution in [0.4, 0.5) is 24.7 Å². The van der Waals surface area contributed by atoms with Crippen molar-refractivity contribution in [3.8, 4) is 0 Å². The molecule has 0 amide bonds. The molecule has 31 heavy (non-hydrogen) atoms. The third-order valence-corrected chi connectivity index (χ3v) is 4.89. The molecule has 0 aliphatic rings. The fourth-order valence-corrected chi connectivity index (χ4v) is 3.25. The summed E-state index contributed by atoms with van der Waals surface area (Å²) in [6.45, 7) is 2.00. The van der Waals surface area contributed by atoms with E-state index >= 15 is 0 Å². The number of benzene rings is 3. The first-order valence-electron chi connectivity index (χ1n) is 9.57. The van der Waals surface area contributed by atoms with E-state index in [1.165, 1.54) is 18.5 Å². The van der Waals surface area contributed by atoms with Crippen LogP contribution in [-0.2, 0) is 12.6 Å². The smallest absolute Gasteiger partial charge is 0.340 e. The summed E-state index contributed by atoms with van der Waals surface area (Å²) in [6.07, 6.45) is -3.17. The van der Waals surface area contributed by atoms with Crippen LogP contribution in [0.5, 0.6) is 0 Å². The molecule has 1 aromatic heterocycles. The van der Waals surface area contributed by atoms with E-state index in [1.54, 1.807) is 18.2 Å². The Bertz CT molecular complexity index is 1250. The number of aryl methyl sites for hydroxylation is 1. The van der Waals surface area contributed by atoms with Crippen molar-refractivity contribution in [1.29, 1.82) is 0 Å². The average Bonchev–Trinajstić information content (AvgIpc) is 2.75. The summed E-state index contributed by atoms with van der Waals surface area (Å²) in [7, 11) is 0. The number of ketones is 1. The number of carbonyl (C=O) groups excluding carboxylic acids is 1. The van der Waals surface area contributed by atoms with Crippen LogP contribution in [0.2, 0.25) is 0 Å².